The second kappa shape index (κ2) is 6.52. The second-order valence-corrected chi connectivity index (χ2v) is 1.65. The van der Waals surface area contributed by atoms with Crippen molar-refractivity contribution in [3.63, 3.8) is 0 Å². The Kier molecular flexibility index (Phi) is 5.42. The van der Waals surface area contributed by atoms with Gasteiger partial charge in [0.2, 0.25) is 11.8 Å². The topological polar surface area (TPSA) is 104 Å². The zero-order valence-corrected chi connectivity index (χ0v) is 6.77. The van der Waals surface area contributed by atoms with Crippen LogP contribution in [0.2, 0.25) is 0 Å². The third kappa shape index (κ3) is 4.29. The quantitative estimate of drug-likeness (QED) is 0.339. The van der Waals surface area contributed by atoms with Gasteiger partial charge in [-0.25, -0.2) is 4.79 Å². The molecule has 1 amide bonds. The van der Waals surface area contributed by atoms with Crippen molar-refractivity contribution in [1.82, 2.24) is 5.32 Å². The van der Waals surface area contributed by atoms with Crippen LogP contribution in [0, 0.1) is 11.3 Å². The maximum absolute atomic E-state index is 10.9. The maximum atomic E-state index is 10.9. The Morgan fingerprint density at radius 2 is 2.38 bits per heavy atom. The van der Waals surface area contributed by atoms with E-state index in [1.54, 1.807) is 0 Å². The number of hydrogen-bond donors (Lipinski definition) is 1. The fourth-order valence-corrected chi connectivity index (χ4v) is 0.431. The van der Waals surface area contributed by atoms with Gasteiger partial charge >= 0.3 is 0 Å². The summed E-state index contributed by atoms with van der Waals surface area (Å²) in [5.41, 5.74) is -0.441. The van der Waals surface area contributed by atoms with Crippen molar-refractivity contribution in [2.24, 2.45) is 10.1 Å². The number of nitriles is 1. The van der Waals surface area contributed by atoms with Gasteiger partial charge < -0.3 is 10.2 Å². The molecule has 0 heterocycles. The van der Waals surface area contributed by atoms with Crippen molar-refractivity contribution in [3.8, 4) is 6.07 Å². The predicted octanol–water partition coefficient (Wildman–Crippen LogP) is -1.08. The largest absolute Gasteiger partial charge is 0.398 e. The number of aliphatic imine (C=N–C) groups is 1. The van der Waals surface area contributed by atoms with Crippen molar-refractivity contribution in [2.45, 2.75) is 0 Å². The molecule has 1 N–H and O–H groups in total. The molecular weight excluding hydrogens is 176 g/mol. The Hall–Kier alpha value is -2.19. The highest BCUT2D eigenvalue weighted by Gasteiger charge is 2.09. The third-order valence-electron chi connectivity index (χ3n) is 0.887. The van der Waals surface area contributed by atoms with Crippen LogP contribution in [0.25, 0.3) is 0 Å². The second-order valence-electron chi connectivity index (χ2n) is 1.65. The molecule has 0 aromatic rings. The standard InChI is InChI=1S/C6H6N4O3/c1-13-10-5(2-7)6(12)9-3-8-4-11/h3H2,1H3,(H,9,12). The molecule has 0 unspecified atom stereocenters. The molecule has 7 heteroatoms. The molecule has 0 aliphatic heterocycles. The van der Waals surface area contributed by atoms with Gasteiger partial charge in [0.15, 0.2) is 0 Å². The van der Waals surface area contributed by atoms with Crippen LogP contribution in [0.5, 0.6) is 0 Å². The maximum Gasteiger partial charge on any atom is 0.285 e. The van der Waals surface area contributed by atoms with Gasteiger partial charge in [-0.2, -0.15) is 10.3 Å². The average Bonchev–Trinajstić information content (AvgIpc) is 2.14. The number of hydrogen-bond acceptors (Lipinski definition) is 6. The first kappa shape index (κ1) is 10.8. The third-order valence-corrected chi connectivity index (χ3v) is 0.887. The Labute approximate surface area is 73.7 Å². The van der Waals surface area contributed by atoms with Gasteiger partial charge in [0, 0.05) is 0 Å². The monoisotopic (exact) mass is 182 g/mol. The summed E-state index contributed by atoms with van der Waals surface area (Å²) in [4.78, 5) is 27.8. The van der Waals surface area contributed by atoms with Gasteiger partial charge in [-0.05, 0) is 0 Å². The normalized spacial score (nSPS) is 9.38. The molecule has 0 rings (SSSR count). The van der Waals surface area contributed by atoms with Gasteiger partial charge in [0.1, 0.15) is 19.8 Å². The van der Waals surface area contributed by atoms with E-state index in [9.17, 15) is 9.59 Å². The van der Waals surface area contributed by atoms with E-state index in [4.69, 9.17) is 5.26 Å². The van der Waals surface area contributed by atoms with Crippen LogP contribution in [0.1, 0.15) is 0 Å². The highest BCUT2D eigenvalue weighted by molar-refractivity contribution is 6.45. The van der Waals surface area contributed by atoms with Crippen molar-refractivity contribution in [1.29, 1.82) is 5.26 Å². The smallest absolute Gasteiger partial charge is 0.285 e. The van der Waals surface area contributed by atoms with Gasteiger partial charge in [0.05, 0.1) is 0 Å². The Morgan fingerprint density at radius 3 is 2.85 bits per heavy atom. The molecule has 0 aliphatic carbocycles. The summed E-state index contributed by atoms with van der Waals surface area (Å²) in [6.07, 6.45) is 1.22. The number of nitrogens with zero attached hydrogens (tertiary/aromatic N) is 3. The van der Waals surface area contributed by atoms with Crippen LogP contribution in [0.4, 0.5) is 0 Å². The molecular formula is C6H6N4O3. The van der Waals surface area contributed by atoms with Crippen LogP contribution < -0.4 is 5.32 Å². The molecule has 0 aromatic carbocycles. The van der Waals surface area contributed by atoms with Crippen LogP contribution >= 0.6 is 0 Å². The van der Waals surface area contributed by atoms with E-state index in [-0.39, 0.29) is 6.67 Å². The van der Waals surface area contributed by atoms with Gasteiger partial charge in [-0.1, -0.05) is 5.16 Å². The Bertz CT molecular complexity index is 297. The first-order valence-electron chi connectivity index (χ1n) is 3.09. The van der Waals surface area contributed by atoms with Crippen molar-refractivity contribution in [3.05, 3.63) is 0 Å². The predicted molar refractivity (Wildman–Crippen MR) is 41.2 cm³/mol. The fourth-order valence-electron chi connectivity index (χ4n) is 0.431. The van der Waals surface area contributed by atoms with Crippen LogP contribution in [-0.2, 0) is 14.4 Å². The Morgan fingerprint density at radius 1 is 1.69 bits per heavy atom. The highest BCUT2D eigenvalue weighted by Crippen LogP contribution is 1.78. The number of carbonyl (C=O) groups excluding carboxylic acids is 2. The van der Waals surface area contributed by atoms with Crippen LogP contribution in [0.3, 0.4) is 0 Å². The lowest BCUT2D eigenvalue weighted by atomic mass is 10.4. The summed E-state index contributed by atoms with van der Waals surface area (Å²) in [7, 11) is 1.20. The molecule has 0 bridgehead atoms. The summed E-state index contributed by atoms with van der Waals surface area (Å²) in [5, 5.41) is 13.6. The molecule has 0 radical (unpaired) electrons. The summed E-state index contributed by atoms with van der Waals surface area (Å²) < 4.78 is 0. The van der Waals surface area contributed by atoms with E-state index in [2.05, 4.69) is 20.3 Å². The lowest BCUT2D eigenvalue weighted by Crippen LogP contribution is -2.30. The van der Waals surface area contributed by atoms with E-state index in [1.165, 1.54) is 19.3 Å². The number of nitrogens with one attached hydrogen (secondary N) is 1. The minimum atomic E-state index is -0.761. The molecule has 68 valence electrons. The number of amides is 1. The number of isocyanates is 1. The highest BCUT2D eigenvalue weighted by atomic mass is 16.6. The minimum absolute atomic E-state index is 0.243. The zero-order chi connectivity index (χ0) is 10.1. The zero-order valence-electron chi connectivity index (χ0n) is 6.77. The van der Waals surface area contributed by atoms with Crippen molar-refractivity contribution >= 4 is 17.7 Å². The van der Waals surface area contributed by atoms with E-state index < -0.39 is 11.6 Å². The lowest BCUT2D eigenvalue weighted by molar-refractivity contribution is -0.114. The van der Waals surface area contributed by atoms with E-state index in [0.717, 1.165) is 0 Å². The number of carbonyl (C=O) groups is 1. The van der Waals surface area contributed by atoms with E-state index in [1.807, 2.05) is 0 Å². The van der Waals surface area contributed by atoms with Gasteiger partial charge in [-0.3, -0.25) is 4.79 Å². The SMILES string of the molecule is CON=C(C#N)C(=O)NCN=C=O. The molecule has 7 nitrogen and oxygen atoms in total. The van der Waals surface area contributed by atoms with E-state index in [0.29, 0.717) is 0 Å². The van der Waals surface area contributed by atoms with Crippen molar-refractivity contribution < 1.29 is 14.4 Å². The molecule has 0 spiro atoms. The first-order valence-corrected chi connectivity index (χ1v) is 3.09. The molecule has 0 aliphatic rings. The molecule has 0 saturated heterocycles. The first-order chi connectivity index (χ1) is 6.26. The number of oxime groups is 1. The Balaban J connectivity index is 4.17. The molecule has 0 atom stereocenters. The summed E-state index contributed by atoms with van der Waals surface area (Å²) in [5.74, 6) is -0.761. The molecule has 0 saturated carbocycles. The fraction of sp³-hybridized carbons (Fsp3) is 0.333. The van der Waals surface area contributed by atoms with Crippen LogP contribution in [0.15, 0.2) is 10.1 Å². The summed E-state index contributed by atoms with van der Waals surface area (Å²) in [6, 6.07) is 1.50. The summed E-state index contributed by atoms with van der Waals surface area (Å²) in [6.45, 7) is -0.243. The minimum Gasteiger partial charge on any atom is -0.398 e. The van der Waals surface area contributed by atoms with Crippen LogP contribution in [-0.4, -0.2) is 31.5 Å². The summed E-state index contributed by atoms with van der Waals surface area (Å²) >= 11 is 0. The molecule has 0 fully saturated rings. The van der Waals surface area contributed by atoms with Gasteiger partial charge in [-0.15, -0.1) is 0 Å². The molecule has 0 aromatic heterocycles. The van der Waals surface area contributed by atoms with Gasteiger partial charge in [0.25, 0.3) is 5.91 Å². The average molecular weight is 182 g/mol. The van der Waals surface area contributed by atoms with E-state index >= 15 is 0 Å². The van der Waals surface area contributed by atoms with Crippen molar-refractivity contribution in [2.75, 3.05) is 13.8 Å². The molecule has 13 heavy (non-hydrogen) atoms. The number of rotatable bonds is 4. The lowest BCUT2D eigenvalue weighted by Gasteiger charge is -1.96.